The molecule has 22 heavy (non-hydrogen) atoms. The first-order chi connectivity index (χ1) is 10.6. The molecule has 1 aromatic carbocycles. The predicted octanol–water partition coefficient (Wildman–Crippen LogP) is 1.62. The van der Waals surface area contributed by atoms with Crippen LogP contribution in [-0.4, -0.2) is 28.7 Å². The molecule has 8 heteroatoms. The van der Waals surface area contributed by atoms with Gasteiger partial charge in [-0.3, -0.25) is 9.89 Å². The number of carbonyl (C=O) groups excluding carboxylic acids is 2. The van der Waals surface area contributed by atoms with Crippen LogP contribution in [0, 0.1) is 0 Å². The molecule has 1 atom stereocenters. The Morgan fingerprint density at radius 2 is 2.32 bits per heavy atom. The van der Waals surface area contributed by atoms with Gasteiger partial charge in [-0.1, -0.05) is 6.07 Å². The van der Waals surface area contributed by atoms with Crippen LogP contribution in [0.1, 0.15) is 18.5 Å². The van der Waals surface area contributed by atoms with Gasteiger partial charge in [-0.05, 0) is 24.6 Å². The number of urea groups is 1. The molecule has 1 aliphatic heterocycles. The first-order valence-electron chi connectivity index (χ1n) is 6.75. The molecule has 2 heterocycles. The summed E-state index contributed by atoms with van der Waals surface area (Å²) in [7, 11) is 0. The van der Waals surface area contributed by atoms with Crippen molar-refractivity contribution in [1.29, 1.82) is 0 Å². The summed E-state index contributed by atoms with van der Waals surface area (Å²) in [6.07, 6.45) is 3.09. The molecule has 4 N–H and O–H groups in total. The minimum Gasteiger partial charge on any atom is -0.482 e. The van der Waals surface area contributed by atoms with Gasteiger partial charge in [0.2, 0.25) is 0 Å². The Morgan fingerprint density at radius 1 is 1.45 bits per heavy atom. The smallest absolute Gasteiger partial charge is 0.319 e. The Bertz CT molecular complexity index is 699. The van der Waals surface area contributed by atoms with Crippen molar-refractivity contribution in [2.24, 2.45) is 0 Å². The highest BCUT2D eigenvalue weighted by Gasteiger charge is 2.18. The molecule has 0 aliphatic carbocycles. The van der Waals surface area contributed by atoms with E-state index in [2.05, 4.69) is 26.1 Å². The summed E-state index contributed by atoms with van der Waals surface area (Å²) >= 11 is 0. The van der Waals surface area contributed by atoms with Crippen molar-refractivity contribution in [2.75, 3.05) is 17.2 Å². The van der Waals surface area contributed by atoms with Crippen LogP contribution in [0.4, 0.5) is 16.2 Å². The lowest BCUT2D eigenvalue weighted by Crippen LogP contribution is -2.31. The van der Waals surface area contributed by atoms with Crippen LogP contribution in [0.5, 0.6) is 5.75 Å². The third-order valence-corrected chi connectivity index (χ3v) is 3.24. The normalized spacial score (nSPS) is 14.3. The van der Waals surface area contributed by atoms with Crippen LogP contribution < -0.4 is 20.7 Å². The standard InChI is InChI=1S/C14H15N5O3/c1-8(17-14(21)18-10-5-15-16-6-10)9-2-3-12-11(4-9)19-13(20)7-22-12/h2-6,8H,7H2,1H3,(H,15,16)(H,19,20)(H2,17,18,21). The fourth-order valence-electron chi connectivity index (χ4n) is 2.14. The van der Waals surface area contributed by atoms with E-state index in [1.807, 2.05) is 13.0 Å². The van der Waals surface area contributed by atoms with Gasteiger partial charge in [0.15, 0.2) is 6.61 Å². The van der Waals surface area contributed by atoms with Gasteiger partial charge < -0.3 is 20.7 Å². The highest BCUT2D eigenvalue weighted by Crippen LogP contribution is 2.30. The molecule has 0 spiro atoms. The van der Waals surface area contributed by atoms with Gasteiger partial charge in [0.25, 0.3) is 5.91 Å². The Hall–Kier alpha value is -3.03. The molecule has 3 rings (SSSR count). The molecule has 8 nitrogen and oxygen atoms in total. The van der Waals surface area contributed by atoms with E-state index in [0.29, 0.717) is 17.1 Å². The van der Waals surface area contributed by atoms with Crippen LogP contribution in [0.2, 0.25) is 0 Å². The number of rotatable bonds is 3. The molecule has 2 aromatic rings. The SMILES string of the molecule is CC(NC(=O)Nc1cn[nH]c1)c1ccc2c(c1)NC(=O)CO2. The van der Waals surface area contributed by atoms with Gasteiger partial charge in [0, 0.05) is 6.20 Å². The fraction of sp³-hybridized carbons (Fsp3) is 0.214. The summed E-state index contributed by atoms with van der Waals surface area (Å²) in [5.41, 5.74) is 2.04. The summed E-state index contributed by atoms with van der Waals surface area (Å²) < 4.78 is 5.30. The molecule has 0 saturated carbocycles. The zero-order valence-corrected chi connectivity index (χ0v) is 11.8. The highest BCUT2D eigenvalue weighted by molar-refractivity contribution is 5.95. The molecule has 1 aromatic heterocycles. The number of aromatic nitrogens is 2. The number of nitrogens with zero attached hydrogens (tertiary/aromatic N) is 1. The summed E-state index contributed by atoms with van der Waals surface area (Å²) in [6.45, 7) is 1.87. The first-order valence-corrected chi connectivity index (χ1v) is 6.75. The molecular weight excluding hydrogens is 286 g/mol. The van der Waals surface area contributed by atoms with Crippen LogP contribution in [0.3, 0.4) is 0 Å². The molecule has 0 radical (unpaired) electrons. The van der Waals surface area contributed by atoms with E-state index in [1.165, 1.54) is 6.20 Å². The molecule has 1 aliphatic rings. The Morgan fingerprint density at radius 3 is 3.09 bits per heavy atom. The predicted molar refractivity (Wildman–Crippen MR) is 79.7 cm³/mol. The van der Waals surface area contributed by atoms with E-state index in [-0.39, 0.29) is 24.6 Å². The maximum Gasteiger partial charge on any atom is 0.319 e. The monoisotopic (exact) mass is 301 g/mol. The summed E-state index contributed by atoms with van der Waals surface area (Å²) in [6, 6.07) is 4.83. The van der Waals surface area contributed by atoms with Gasteiger partial charge in [-0.2, -0.15) is 5.10 Å². The van der Waals surface area contributed by atoms with E-state index in [4.69, 9.17) is 4.74 Å². The van der Waals surface area contributed by atoms with Crippen LogP contribution in [0.25, 0.3) is 0 Å². The summed E-state index contributed by atoms with van der Waals surface area (Å²) in [5, 5.41) is 14.6. The largest absolute Gasteiger partial charge is 0.482 e. The molecule has 114 valence electrons. The molecule has 1 unspecified atom stereocenters. The lowest BCUT2D eigenvalue weighted by atomic mass is 10.1. The van der Waals surface area contributed by atoms with Crippen molar-refractivity contribution >= 4 is 23.3 Å². The molecule has 0 bridgehead atoms. The lowest BCUT2D eigenvalue weighted by Gasteiger charge is -2.21. The summed E-state index contributed by atoms with van der Waals surface area (Å²) in [4.78, 5) is 23.2. The number of benzene rings is 1. The number of nitrogens with one attached hydrogen (secondary N) is 4. The number of aromatic amines is 1. The third kappa shape index (κ3) is 3.00. The van der Waals surface area contributed by atoms with E-state index in [0.717, 1.165) is 5.56 Å². The van der Waals surface area contributed by atoms with Crippen molar-refractivity contribution in [2.45, 2.75) is 13.0 Å². The third-order valence-electron chi connectivity index (χ3n) is 3.24. The second-order valence-corrected chi connectivity index (χ2v) is 4.90. The maximum atomic E-state index is 11.9. The zero-order chi connectivity index (χ0) is 15.5. The maximum absolute atomic E-state index is 11.9. The zero-order valence-electron chi connectivity index (χ0n) is 11.8. The first kappa shape index (κ1) is 13.9. The van der Waals surface area contributed by atoms with Crippen molar-refractivity contribution in [1.82, 2.24) is 15.5 Å². The van der Waals surface area contributed by atoms with E-state index in [1.54, 1.807) is 18.3 Å². The number of anilines is 2. The fourth-order valence-corrected chi connectivity index (χ4v) is 2.14. The van der Waals surface area contributed by atoms with Crippen molar-refractivity contribution < 1.29 is 14.3 Å². The Kier molecular flexibility index (Phi) is 3.65. The van der Waals surface area contributed by atoms with E-state index < -0.39 is 0 Å². The lowest BCUT2D eigenvalue weighted by molar-refractivity contribution is -0.118. The molecule has 0 fully saturated rings. The van der Waals surface area contributed by atoms with Crippen molar-refractivity contribution in [3.8, 4) is 5.75 Å². The average molecular weight is 301 g/mol. The second kappa shape index (κ2) is 5.76. The average Bonchev–Trinajstić information content (AvgIpc) is 2.99. The highest BCUT2D eigenvalue weighted by atomic mass is 16.5. The number of fused-ring (bicyclic) bond motifs is 1. The van der Waals surface area contributed by atoms with E-state index in [9.17, 15) is 9.59 Å². The molecular formula is C14H15N5O3. The number of amides is 3. The number of hydrogen-bond acceptors (Lipinski definition) is 4. The Labute approximate surface area is 126 Å². The van der Waals surface area contributed by atoms with Gasteiger partial charge in [-0.15, -0.1) is 0 Å². The number of carbonyl (C=O) groups is 2. The van der Waals surface area contributed by atoms with Crippen molar-refractivity contribution in [3.63, 3.8) is 0 Å². The second-order valence-electron chi connectivity index (χ2n) is 4.90. The van der Waals surface area contributed by atoms with Crippen LogP contribution in [0.15, 0.2) is 30.6 Å². The number of H-pyrrole nitrogens is 1. The van der Waals surface area contributed by atoms with Gasteiger partial charge >= 0.3 is 6.03 Å². The minimum atomic E-state index is -0.341. The van der Waals surface area contributed by atoms with Gasteiger partial charge in [-0.25, -0.2) is 4.79 Å². The van der Waals surface area contributed by atoms with Gasteiger partial charge in [0.1, 0.15) is 5.75 Å². The number of hydrogen-bond donors (Lipinski definition) is 4. The Balaban J connectivity index is 1.67. The van der Waals surface area contributed by atoms with Crippen LogP contribution >= 0.6 is 0 Å². The van der Waals surface area contributed by atoms with Gasteiger partial charge in [0.05, 0.1) is 23.6 Å². The topological polar surface area (TPSA) is 108 Å². The van der Waals surface area contributed by atoms with Crippen molar-refractivity contribution in [3.05, 3.63) is 36.2 Å². The number of ether oxygens (including phenoxy) is 1. The molecule has 0 saturated heterocycles. The van der Waals surface area contributed by atoms with Crippen LogP contribution in [-0.2, 0) is 4.79 Å². The van der Waals surface area contributed by atoms with E-state index >= 15 is 0 Å². The summed E-state index contributed by atoms with van der Waals surface area (Å²) in [5.74, 6) is 0.432. The minimum absolute atomic E-state index is 0.0211. The molecule has 3 amide bonds. The quantitative estimate of drug-likeness (QED) is 0.691.